The quantitative estimate of drug-likeness (QED) is 0.464. The van der Waals surface area contributed by atoms with Crippen LogP contribution in [-0.4, -0.2) is 70.2 Å². The van der Waals surface area contributed by atoms with E-state index >= 15 is 4.39 Å². The number of sulfonamides is 1. The summed E-state index contributed by atoms with van der Waals surface area (Å²) >= 11 is 12.4. The molecule has 1 aromatic heterocycles. The summed E-state index contributed by atoms with van der Waals surface area (Å²) in [6, 6.07) is 5.38. The Morgan fingerprint density at radius 1 is 1.19 bits per heavy atom. The number of halogens is 3. The molecular weight excluding hydrogens is 568 g/mol. The third-order valence-corrected chi connectivity index (χ3v) is 8.92. The van der Waals surface area contributed by atoms with E-state index in [0.717, 1.165) is 22.2 Å². The number of ether oxygens (including phenoxy) is 1. The smallest absolute Gasteiger partial charge is 0.258 e. The zero-order valence-electron chi connectivity index (χ0n) is 20.2. The van der Waals surface area contributed by atoms with E-state index in [1.54, 1.807) is 18.2 Å². The van der Waals surface area contributed by atoms with Crippen LogP contribution in [0.1, 0.15) is 19.8 Å². The van der Waals surface area contributed by atoms with Gasteiger partial charge in [0, 0.05) is 66.0 Å². The summed E-state index contributed by atoms with van der Waals surface area (Å²) in [5, 5.41) is 3.65. The van der Waals surface area contributed by atoms with Gasteiger partial charge in [-0.3, -0.25) is 4.79 Å². The molecule has 2 heterocycles. The maximum Gasteiger partial charge on any atom is 0.258 e. The molecule has 1 amide bonds. The molecule has 1 aliphatic heterocycles. The van der Waals surface area contributed by atoms with Crippen LogP contribution in [0.2, 0.25) is 10.2 Å². The van der Waals surface area contributed by atoms with Gasteiger partial charge in [-0.15, -0.1) is 0 Å². The van der Waals surface area contributed by atoms with E-state index in [2.05, 4.69) is 10.3 Å². The van der Waals surface area contributed by atoms with Crippen molar-refractivity contribution in [1.29, 1.82) is 0 Å². The summed E-state index contributed by atoms with van der Waals surface area (Å²) < 4.78 is 71.4. The highest BCUT2D eigenvalue weighted by Crippen LogP contribution is 2.38. The lowest BCUT2D eigenvalue weighted by Crippen LogP contribution is -2.53. The second-order valence-electron chi connectivity index (χ2n) is 8.64. The predicted octanol–water partition coefficient (Wildman–Crippen LogP) is 3.62. The Bertz CT molecular complexity index is 1430. The van der Waals surface area contributed by atoms with Gasteiger partial charge in [0.1, 0.15) is 15.8 Å². The minimum atomic E-state index is -4.18. The summed E-state index contributed by atoms with van der Waals surface area (Å²) in [6.45, 7) is 0.961. The Kier molecular flexibility index (Phi) is 8.90. The number of rotatable bonds is 8. The number of hydrogen-bond acceptors (Lipinski definition) is 7. The number of aromatic nitrogens is 1. The molecule has 9 nitrogen and oxygen atoms in total. The summed E-state index contributed by atoms with van der Waals surface area (Å²) in [5.74, 6) is -0.491. The van der Waals surface area contributed by atoms with Gasteiger partial charge >= 0.3 is 0 Å². The first-order valence-electron chi connectivity index (χ1n) is 11.0. The van der Waals surface area contributed by atoms with Crippen molar-refractivity contribution in [2.75, 3.05) is 26.5 Å². The van der Waals surface area contributed by atoms with Gasteiger partial charge in [0.2, 0.25) is 10.0 Å². The Morgan fingerprint density at radius 2 is 1.84 bits per heavy atom. The molecule has 0 bridgehead atoms. The number of amides is 1. The molecule has 1 fully saturated rings. The number of carbonyl (C=O) groups is 1. The summed E-state index contributed by atoms with van der Waals surface area (Å²) in [5.41, 5.74) is -1.77. The van der Waals surface area contributed by atoms with Crippen LogP contribution >= 0.6 is 23.2 Å². The summed E-state index contributed by atoms with van der Waals surface area (Å²) in [6.07, 6.45) is 2.56. The minimum Gasteiger partial charge on any atom is -0.497 e. The van der Waals surface area contributed by atoms with Gasteiger partial charge in [-0.05, 0) is 31.2 Å². The molecule has 1 atom stereocenters. The molecule has 202 valence electrons. The van der Waals surface area contributed by atoms with Crippen molar-refractivity contribution in [3.63, 3.8) is 0 Å². The van der Waals surface area contributed by atoms with Crippen LogP contribution in [-0.2, 0) is 24.7 Å². The Labute approximate surface area is 225 Å². The zero-order chi connectivity index (χ0) is 27.6. The monoisotopic (exact) mass is 593 g/mol. The van der Waals surface area contributed by atoms with E-state index in [1.165, 1.54) is 26.2 Å². The summed E-state index contributed by atoms with van der Waals surface area (Å²) in [4.78, 5) is 16.3. The normalized spacial score (nSPS) is 17.5. The average Bonchev–Trinajstić information content (AvgIpc) is 2.82. The van der Waals surface area contributed by atoms with Crippen molar-refractivity contribution in [2.45, 2.75) is 36.4 Å². The fourth-order valence-electron chi connectivity index (χ4n) is 3.76. The van der Waals surface area contributed by atoms with Crippen molar-refractivity contribution < 1.29 is 30.8 Å². The number of alkyl halides is 1. The predicted molar refractivity (Wildman–Crippen MR) is 140 cm³/mol. The van der Waals surface area contributed by atoms with E-state index in [1.807, 2.05) is 0 Å². The number of pyridine rings is 1. The van der Waals surface area contributed by atoms with Crippen LogP contribution in [0.4, 0.5) is 4.39 Å². The van der Waals surface area contributed by atoms with Crippen LogP contribution < -0.4 is 10.1 Å². The fourth-order valence-corrected chi connectivity index (χ4v) is 6.24. The van der Waals surface area contributed by atoms with E-state index in [9.17, 15) is 21.6 Å². The lowest BCUT2D eigenvalue weighted by molar-refractivity contribution is -0.135. The van der Waals surface area contributed by atoms with Gasteiger partial charge in [-0.25, -0.2) is 26.2 Å². The standard InChI is InChI=1S/C23H26Cl2FN3O6S2/c1-15(6-11-36(3,31)32)28-22(30)23(26)7-9-29(10-8-23)37(33,34)20-14-27-21(25)13-18(20)17-12-16(35-2)4-5-19(17)24/h4-6,11-15H,7-10H2,1-3H3,(H,28,30)/b11-6-/t15-/m1/s1. The molecule has 0 saturated carbocycles. The van der Waals surface area contributed by atoms with E-state index in [4.69, 9.17) is 27.9 Å². The van der Waals surface area contributed by atoms with E-state index in [0.29, 0.717) is 11.3 Å². The molecule has 1 aliphatic rings. The number of carbonyl (C=O) groups excluding carboxylic acids is 1. The first-order valence-corrected chi connectivity index (χ1v) is 15.2. The van der Waals surface area contributed by atoms with Crippen LogP contribution in [0.15, 0.2) is 46.8 Å². The lowest BCUT2D eigenvalue weighted by Gasteiger charge is -2.35. The first kappa shape index (κ1) is 29.3. The van der Waals surface area contributed by atoms with E-state index < -0.39 is 50.3 Å². The first-order chi connectivity index (χ1) is 17.2. The van der Waals surface area contributed by atoms with E-state index in [-0.39, 0.29) is 33.7 Å². The van der Waals surface area contributed by atoms with Gasteiger partial charge in [0.25, 0.3) is 5.91 Å². The topological polar surface area (TPSA) is 123 Å². The Balaban J connectivity index is 1.83. The maximum atomic E-state index is 15.5. The highest BCUT2D eigenvalue weighted by Gasteiger charge is 2.45. The molecule has 1 aromatic carbocycles. The van der Waals surface area contributed by atoms with Crippen molar-refractivity contribution in [3.8, 4) is 16.9 Å². The van der Waals surface area contributed by atoms with Gasteiger partial charge in [-0.1, -0.05) is 29.3 Å². The van der Waals surface area contributed by atoms with Crippen LogP contribution in [0, 0.1) is 0 Å². The van der Waals surface area contributed by atoms with Crippen LogP contribution in [0.5, 0.6) is 5.75 Å². The van der Waals surface area contributed by atoms with Gasteiger partial charge in [0.05, 0.1) is 7.11 Å². The molecule has 2 aromatic rings. The number of piperidine rings is 1. The maximum absolute atomic E-state index is 15.5. The lowest BCUT2D eigenvalue weighted by atomic mass is 9.93. The SMILES string of the molecule is COc1ccc(Cl)c(-c2cc(Cl)ncc2S(=O)(=O)N2CCC(F)(C(=O)N[C@H](C)/C=C\S(C)(=O)=O)CC2)c1. The minimum absolute atomic E-state index is 0.0463. The van der Waals surface area contributed by atoms with Crippen LogP contribution in [0.25, 0.3) is 11.1 Å². The van der Waals surface area contributed by atoms with Crippen LogP contribution in [0.3, 0.4) is 0 Å². The second-order valence-corrected chi connectivity index (χ2v) is 13.3. The average molecular weight is 595 g/mol. The number of hydrogen-bond donors (Lipinski definition) is 1. The molecule has 0 radical (unpaired) electrons. The Hall–Kier alpha value is -2.25. The molecule has 0 aliphatic carbocycles. The molecule has 0 unspecified atom stereocenters. The largest absolute Gasteiger partial charge is 0.497 e. The van der Waals surface area contributed by atoms with Gasteiger partial charge in [-0.2, -0.15) is 4.31 Å². The fraction of sp³-hybridized carbons (Fsp3) is 0.391. The molecule has 1 N–H and O–H groups in total. The highest BCUT2D eigenvalue weighted by molar-refractivity contribution is 7.93. The van der Waals surface area contributed by atoms with Crippen molar-refractivity contribution in [2.24, 2.45) is 0 Å². The molecule has 37 heavy (non-hydrogen) atoms. The third kappa shape index (κ3) is 6.99. The molecule has 1 saturated heterocycles. The molecule has 14 heteroatoms. The van der Waals surface area contributed by atoms with Crippen molar-refractivity contribution >= 4 is 49.0 Å². The molecule has 0 spiro atoms. The number of nitrogens with one attached hydrogen (secondary N) is 1. The zero-order valence-corrected chi connectivity index (χ0v) is 23.4. The van der Waals surface area contributed by atoms with Gasteiger partial charge in [0.15, 0.2) is 15.5 Å². The number of sulfone groups is 1. The molecular formula is C23H26Cl2FN3O6S2. The van der Waals surface area contributed by atoms with Crippen molar-refractivity contribution in [3.05, 3.63) is 52.1 Å². The third-order valence-electron chi connectivity index (χ3n) is 5.81. The highest BCUT2D eigenvalue weighted by atomic mass is 35.5. The number of methoxy groups -OCH3 is 1. The number of nitrogens with zero attached hydrogens (tertiary/aromatic N) is 2. The summed E-state index contributed by atoms with van der Waals surface area (Å²) in [7, 11) is -6.13. The molecule has 3 rings (SSSR count). The van der Waals surface area contributed by atoms with Gasteiger partial charge < -0.3 is 10.1 Å². The Morgan fingerprint density at radius 3 is 2.43 bits per heavy atom. The second kappa shape index (κ2) is 11.2. The number of benzene rings is 1. The van der Waals surface area contributed by atoms with Crippen molar-refractivity contribution in [1.82, 2.24) is 14.6 Å².